The fourth-order valence-corrected chi connectivity index (χ4v) is 2.38. The van der Waals surface area contributed by atoms with E-state index in [0.29, 0.717) is 17.0 Å². The van der Waals surface area contributed by atoms with Crippen molar-refractivity contribution in [2.45, 2.75) is 0 Å². The van der Waals surface area contributed by atoms with Crippen molar-refractivity contribution >= 4 is 29.6 Å². The Hall–Kier alpha value is -3.68. The molecule has 1 saturated heterocycles. The molecule has 1 heterocycles. The third kappa shape index (κ3) is 4.30. The van der Waals surface area contributed by atoms with Gasteiger partial charge >= 0.3 is 6.03 Å². The first kappa shape index (κ1) is 18.1. The molecule has 8 heteroatoms. The van der Waals surface area contributed by atoms with E-state index in [4.69, 9.17) is 4.74 Å². The van der Waals surface area contributed by atoms with Crippen molar-refractivity contribution in [3.05, 3.63) is 65.6 Å². The van der Waals surface area contributed by atoms with E-state index in [9.17, 15) is 18.8 Å². The van der Waals surface area contributed by atoms with Gasteiger partial charge in [-0.05, 0) is 36.4 Å². The van der Waals surface area contributed by atoms with Gasteiger partial charge < -0.3 is 15.4 Å². The number of halogens is 1. The second kappa shape index (κ2) is 7.69. The molecular formula is C19H16FN3O4. The molecule has 138 valence electrons. The Bertz CT molecular complexity index is 925. The van der Waals surface area contributed by atoms with Crippen LogP contribution in [0.2, 0.25) is 0 Å². The second-order valence-electron chi connectivity index (χ2n) is 5.73. The number of anilines is 1. The van der Waals surface area contributed by atoms with Crippen LogP contribution in [0.4, 0.5) is 14.9 Å². The van der Waals surface area contributed by atoms with Gasteiger partial charge in [-0.25, -0.2) is 9.18 Å². The molecule has 0 atom stereocenters. The summed E-state index contributed by atoms with van der Waals surface area (Å²) in [5, 5.41) is 5.05. The molecule has 7 nitrogen and oxygen atoms in total. The number of ether oxygens (including phenoxy) is 1. The number of hydrogen-bond acceptors (Lipinski definition) is 4. The summed E-state index contributed by atoms with van der Waals surface area (Å²) in [6.45, 7) is -0.280. The molecule has 1 aliphatic rings. The van der Waals surface area contributed by atoms with Crippen molar-refractivity contribution in [2.24, 2.45) is 0 Å². The number of urea groups is 1. The number of amides is 4. The number of carbonyl (C=O) groups excluding carboxylic acids is 3. The molecule has 27 heavy (non-hydrogen) atoms. The summed E-state index contributed by atoms with van der Waals surface area (Å²) in [6, 6.07) is 11.6. The number of likely N-dealkylation sites (N-methyl/N-ethyl adjacent to an activating group) is 1. The number of nitrogens with one attached hydrogen (secondary N) is 2. The smallest absolute Gasteiger partial charge is 0.328 e. The van der Waals surface area contributed by atoms with Crippen molar-refractivity contribution in [3.8, 4) is 5.75 Å². The number of hydrogen-bond donors (Lipinski definition) is 2. The van der Waals surface area contributed by atoms with E-state index in [0.717, 1.165) is 4.90 Å². The maximum Gasteiger partial charge on any atom is 0.328 e. The Kier molecular flexibility index (Phi) is 5.16. The van der Waals surface area contributed by atoms with Crippen molar-refractivity contribution in [3.63, 3.8) is 0 Å². The van der Waals surface area contributed by atoms with Crippen LogP contribution in [0.3, 0.4) is 0 Å². The Labute approximate surface area is 154 Å². The minimum Gasteiger partial charge on any atom is -0.483 e. The molecule has 1 aliphatic heterocycles. The molecule has 0 aromatic heterocycles. The summed E-state index contributed by atoms with van der Waals surface area (Å²) < 4.78 is 18.4. The molecule has 0 unspecified atom stereocenters. The van der Waals surface area contributed by atoms with Crippen LogP contribution in [0, 0.1) is 5.82 Å². The monoisotopic (exact) mass is 369 g/mol. The highest BCUT2D eigenvalue weighted by Crippen LogP contribution is 2.22. The molecule has 0 spiro atoms. The summed E-state index contributed by atoms with van der Waals surface area (Å²) in [5.74, 6) is -0.904. The quantitative estimate of drug-likeness (QED) is 0.626. The molecule has 0 aliphatic carbocycles. The maximum absolute atomic E-state index is 12.9. The normalized spacial score (nSPS) is 15.0. The molecule has 2 aromatic carbocycles. The maximum atomic E-state index is 12.9. The topological polar surface area (TPSA) is 87.7 Å². The van der Waals surface area contributed by atoms with Crippen molar-refractivity contribution in [1.82, 2.24) is 10.2 Å². The zero-order valence-electron chi connectivity index (χ0n) is 14.4. The number of carbonyl (C=O) groups is 3. The largest absolute Gasteiger partial charge is 0.483 e. The average molecular weight is 369 g/mol. The molecule has 1 fully saturated rings. The highest BCUT2D eigenvalue weighted by molar-refractivity contribution is 6.13. The summed E-state index contributed by atoms with van der Waals surface area (Å²) >= 11 is 0. The summed E-state index contributed by atoms with van der Waals surface area (Å²) in [7, 11) is 1.38. The van der Waals surface area contributed by atoms with Gasteiger partial charge in [0.05, 0.1) is 0 Å². The number of benzene rings is 2. The number of nitrogens with zero attached hydrogens (tertiary/aromatic N) is 1. The van der Waals surface area contributed by atoms with Crippen LogP contribution in [0.15, 0.2) is 54.2 Å². The molecule has 0 saturated carbocycles. The lowest BCUT2D eigenvalue weighted by Crippen LogP contribution is -2.25. The lowest BCUT2D eigenvalue weighted by atomic mass is 10.1. The number of para-hydroxylation sites is 1. The van der Waals surface area contributed by atoms with E-state index in [1.165, 1.54) is 37.4 Å². The van der Waals surface area contributed by atoms with Gasteiger partial charge in [-0.2, -0.15) is 0 Å². The first-order valence-corrected chi connectivity index (χ1v) is 8.02. The number of imide groups is 1. The standard InChI is InChI=1S/C19H16FN3O4/c1-23-18(25)15(22-19(23)26)10-12-4-2-3-5-16(12)27-11-17(24)21-14-8-6-13(20)7-9-14/h2-10H,11H2,1H3,(H,21,24)(H,22,26)/b15-10+. The van der Waals surface area contributed by atoms with Crippen molar-refractivity contribution < 1.29 is 23.5 Å². The first-order valence-electron chi connectivity index (χ1n) is 8.02. The third-order valence-electron chi connectivity index (χ3n) is 3.79. The molecule has 2 aromatic rings. The van der Waals surface area contributed by atoms with Gasteiger partial charge in [-0.15, -0.1) is 0 Å². The number of rotatable bonds is 5. The Balaban J connectivity index is 1.68. The summed E-state index contributed by atoms with van der Waals surface area (Å²) in [4.78, 5) is 36.5. The van der Waals surface area contributed by atoms with Gasteiger partial charge in [0.15, 0.2) is 6.61 Å². The summed E-state index contributed by atoms with van der Waals surface area (Å²) in [6.07, 6.45) is 1.48. The Morgan fingerprint density at radius 2 is 1.89 bits per heavy atom. The van der Waals surface area contributed by atoms with E-state index >= 15 is 0 Å². The van der Waals surface area contributed by atoms with Gasteiger partial charge in [0, 0.05) is 18.3 Å². The predicted molar refractivity (Wildman–Crippen MR) is 96.2 cm³/mol. The van der Waals surface area contributed by atoms with Gasteiger partial charge in [-0.1, -0.05) is 18.2 Å². The highest BCUT2D eigenvalue weighted by atomic mass is 19.1. The average Bonchev–Trinajstić information content (AvgIpc) is 2.90. The van der Waals surface area contributed by atoms with Gasteiger partial charge in [0.2, 0.25) is 0 Å². The SMILES string of the molecule is CN1C(=O)N/C(=C/c2ccccc2OCC(=O)Nc2ccc(F)cc2)C1=O. The van der Waals surface area contributed by atoms with E-state index in [2.05, 4.69) is 10.6 Å². The van der Waals surface area contributed by atoms with Crippen LogP contribution in [0.5, 0.6) is 5.75 Å². The molecule has 0 radical (unpaired) electrons. The van der Waals surface area contributed by atoms with Crippen LogP contribution in [-0.4, -0.2) is 36.4 Å². The minimum atomic E-state index is -0.511. The first-order chi connectivity index (χ1) is 12.9. The highest BCUT2D eigenvalue weighted by Gasteiger charge is 2.30. The Morgan fingerprint density at radius 1 is 1.19 bits per heavy atom. The summed E-state index contributed by atoms with van der Waals surface area (Å²) in [5.41, 5.74) is 1.10. The van der Waals surface area contributed by atoms with Gasteiger partial charge in [0.25, 0.3) is 11.8 Å². The third-order valence-corrected chi connectivity index (χ3v) is 3.79. The fourth-order valence-electron chi connectivity index (χ4n) is 2.38. The zero-order chi connectivity index (χ0) is 19.4. The van der Waals surface area contributed by atoms with Crippen LogP contribution >= 0.6 is 0 Å². The molecule has 3 rings (SSSR count). The van der Waals surface area contributed by atoms with Crippen molar-refractivity contribution in [1.29, 1.82) is 0 Å². The van der Waals surface area contributed by atoms with E-state index in [1.54, 1.807) is 24.3 Å². The van der Waals surface area contributed by atoms with E-state index in [1.807, 2.05) is 0 Å². The van der Waals surface area contributed by atoms with Crippen molar-refractivity contribution in [2.75, 3.05) is 19.0 Å². The van der Waals surface area contributed by atoms with Crippen LogP contribution in [-0.2, 0) is 9.59 Å². The van der Waals surface area contributed by atoms with Crippen LogP contribution in [0.25, 0.3) is 6.08 Å². The van der Waals surface area contributed by atoms with Gasteiger partial charge in [-0.3, -0.25) is 14.5 Å². The van der Waals surface area contributed by atoms with Crippen LogP contribution < -0.4 is 15.4 Å². The minimum absolute atomic E-state index is 0.120. The predicted octanol–water partition coefficient (Wildman–Crippen LogP) is 2.37. The van der Waals surface area contributed by atoms with Crippen LogP contribution in [0.1, 0.15) is 5.56 Å². The second-order valence-corrected chi connectivity index (χ2v) is 5.73. The van der Waals surface area contributed by atoms with E-state index < -0.39 is 23.7 Å². The molecular weight excluding hydrogens is 353 g/mol. The lowest BCUT2D eigenvalue weighted by Gasteiger charge is -2.10. The van der Waals surface area contributed by atoms with E-state index in [-0.39, 0.29) is 12.3 Å². The molecule has 0 bridgehead atoms. The Morgan fingerprint density at radius 3 is 2.56 bits per heavy atom. The molecule has 2 N–H and O–H groups in total. The van der Waals surface area contributed by atoms with Gasteiger partial charge in [0.1, 0.15) is 17.3 Å². The zero-order valence-corrected chi connectivity index (χ0v) is 14.4. The lowest BCUT2D eigenvalue weighted by molar-refractivity contribution is -0.122. The fraction of sp³-hybridized carbons (Fsp3) is 0.105. The molecule has 4 amide bonds.